The molecular formula is C14H20O2S. The number of Topliss-reactive ketones (excluding diaryl/α,β-unsaturated/α-hetero) is 1. The molecule has 2 nitrogen and oxygen atoms in total. The molecule has 0 spiro atoms. The van der Waals surface area contributed by atoms with Crippen LogP contribution in [0.2, 0.25) is 0 Å². The highest BCUT2D eigenvalue weighted by atomic mass is 32.2. The maximum Gasteiger partial charge on any atom is 0.175 e. The van der Waals surface area contributed by atoms with Gasteiger partial charge in [0.05, 0.1) is 5.75 Å². The zero-order valence-electron chi connectivity index (χ0n) is 10.9. The molecule has 0 saturated carbocycles. The molecule has 0 amide bonds. The Morgan fingerprint density at radius 3 is 2.41 bits per heavy atom. The van der Waals surface area contributed by atoms with Crippen molar-refractivity contribution in [3.63, 3.8) is 0 Å². The van der Waals surface area contributed by atoms with Gasteiger partial charge in [-0.15, -0.1) is 0 Å². The van der Waals surface area contributed by atoms with E-state index in [1.54, 1.807) is 0 Å². The SMILES string of the molecule is Cc1ccc(C(=O)CS(=O)CC(C)C)cc1C. The number of hydrogen-bond donors (Lipinski definition) is 0. The monoisotopic (exact) mass is 252 g/mol. The smallest absolute Gasteiger partial charge is 0.175 e. The molecule has 1 aromatic carbocycles. The fraction of sp³-hybridized carbons (Fsp3) is 0.500. The van der Waals surface area contributed by atoms with Gasteiger partial charge < -0.3 is 0 Å². The molecule has 0 saturated heterocycles. The molecule has 0 heterocycles. The Labute approximate surface area is 106 Å². The van der Waals surface area contributed by atoms with Gasteiger partial charge in [0, 0.05) is 22.1 Å². The summed E-state index contributed by atoms with van der Waals surface area (Å²) in [5.74, 6) is 1.08. The first-order valence-corrected chi connectivity index (χ1v) is 7.34. The molecular weight excluding hydrogens is 232 g/mol. The standard InChI is InChI=1S/C14H20O2S/c1-10(2)8-17(16)9-14(15)13-6-5-11(3)12(4)7-13/h5-7,10H,8-9H2,1-4H3. The fourth-order valence-electron chi connectivity index (χ4n) is 1.58. The van der Waals surface area contributed by atoms with E-state index >= 15 is 0 Å². The maximum absolute atomic E-state index is 11.9. The van der Waals surface area contributed by atoms with Gasteiger partial charge in [0.25, 0.3) is 0 Å². The third-order valence-corrected chi connectivity index (χ3v) is 4.26. The Hall–Kier alpha value is -0.960. The van der Waals surface area contributed by atoms with Crippen LogP contribution in [0.15, 0.2) is 18.2 Å². The molecule has 1 unspecified atom stereocenters. The van der Waals surface area contributed by atoms with Gasteiger partial charge in [0.1, 0.15) is 0 Å². The summed E-state index contributed by atoms with van der Waals surface area (Å²) in [5.41, 5.74) is 2.94. The zero-order chi connectivity index (χ0) is 13.0. The van der Waals surface area contributed by atoms with Gasteiger partial charge in [-0.1, -0.05) is 26.0 Å². The van der Waals surface area contributed by atoms with Crippen LogP contribution in [0.5, 0.6) is 0 Å². The second kappa shape index (κ2) is 6.10. The summed E-state index contributed by atoms with van der Waals surface area (Å²) in [5, 5.41) is 0. The van der Waals surface area contributed by atoms with E-state index < -0.39 is 10.8 Å². The van der Waals surface area contributed by atoms with E-state index in [9.17, 15) is 9.00 Å². The third kappa shape index (κ3) is 4.43. The number of ketones is 1. The Morgan fingerprint density at radius 2 is 1.88 bits per heavy atom. The minimum absolute atomic E-state index is 0.0212. The van der Waals surface area contributed by atoms with E-state index in [2.05, 4.69) is 0 Å². The Morgan fingerprint density at radius 1 is 1.24 bits per heavy atom. The van der Waals surface area contributed by atoms with Crippen LogP contribution in [0.25, 0.3) is 0 Å². The molecule has 3 heteroatoms. The molecule has 0 N–H and O–H groups in total. The lowest BCUT2D eigenvalue weighted by atomic mass is 10.0. The molecule has 0 aromatic heterocycles. The number of carbonyl (C=O) groups is 1. The van der Waals surface area contributed by atoms with Crippen LogP contribution in [-0.4, -0.2) is 21.5 Å². The normalized spacial score (nSPS) is 12.8. The van der Waals surface area contributed by atoms with E-state index in [0.29, 0.717) is 17.2 Å². The summed E-state index contributed by atoms with van der Waals surface area (Å²) in [6.45, 7) is 8.02. The van der Waals surface area contributed by atoms with Gasteiger partial charge in [-0.25, -0.2) is 0 Å². The number of aryl methyl sites for hydroxylation is 2. The van der Waals surface area contributed by atoms with Gasteiger partial charge in [-0.05, 0) is 37.0 Å². The lowest BCUT2D eigenvalue weighted by Crippen LogP contribution is -2.16. The van der Waals surface area contributed by atoms with E-state index in [1.807, 2.05) is 45.9 Å². The summed E-state index contributed by atoms with van der Waals surface area (Å²) >= 11 is 0. The highest BCUT2D eigenvalue weighted by molar-refractivity contribution is 7.85. The number of benzene rings is 1. The van der Waals surface area contributed by atoms with E-state index in [1.165, 1.54) is 5.56 Å². The van der Waals surface area contributed by atoms with Gasteiger partial charge >= 0.3 is 0 Å². The Kier molecular flexibility index (Phi) is 5.06. The zero-order valence-corrected chi connectivity index (χ0v) is 11.8. The molecule has 0 radical (unpaired) electrons. The van der Waals surface area contributed by atoms with Crippen LogP contribution in [0.3, 0.4) is 0 Å². The minimum atomic E-state index is -1.04. The Bertz CT molecular complexity index is 436. The fourth-order valence-corrected chi connectivity index (χ4v) is 2.90. The summed E-state index contributed by atoms with van der Waals surface area (Å²) < 4.78 is 11.7. The van der Waals surface area contributed by atoms with Crippen LogP contribution >= 0.6 is 0 Å². The first kappa shape index (κ1) is 14.1. The van der Waals surface area contributed by atoms with E-state index in [4.69, 9.17) is 0 Å². The van der Waals surface area contributed by atoms with Crippen molar-refractivity contribution in [1.82, 2.24) is 0 Å². The van der Waals surface area contributed by atoms with Crippen molar-refractivity contribution in [1.29, 1.82) is 0 Å². The first-order valence-electron chi connectivity index (χ1n) is 5.85. The van der Waals surface area contributed by atoms with Gasteiger partial charge in [0.15, 0.2) is 5.78 Å². The van der Waals surface area contributed by atoms with Crippen LogP contribution in [0, 0.1) is 19.8 Å². The topological polar surface area (TPSA) is 34.1 Å². The van der Waals surface area contributed by atoms with Gasteiger partial charge in [0.2, 0.25) is 0 Å². The van der Waals surface area contributed by atoms with Crippen LogP contribution in [0.4, 0.5) is 0 Å². The van der Waals surface area contributed by atoms with Gasteiger partial charge in [-0.2, -0.15) is 0 Å². The van der Waals surface area contributed by atoms with Crippen molar-refractivity contribution in [2.24, 2.45) is 5.92 Å². The predicted octanol–water partition coefficient (Wildman–Crippen LogP) is 2.89. The predicted molar refractivity (Wildman–Crippen MR) is 73.0 cm³/mol. The summed E-state index contributed by atoms with van der Waals surface area (Å²) in [6.07, 6.45) is 0. The minimum Gasteiger partial charge on any atom is -0.293 e. The second-order valence-electron chi connectivity index (χ2n) is 4.87. The quantitative estimate of drug-likeness (QED) is 0.755. The summed E-state index contributed by atoms with van der Waals surface area (Å²) in [4.78, 5) is 11.9. The van der Waals surface area contributed by atoms with Crippen LogP contribution < -0.4 is 0 Å². The molecule has 1 rings (SSSR count). The average molecular weight is 252 g/mol. The molecule has 17 heavy (non-hydrogen) atoms. The van der Waals surface area contributed by atoms with Crippen molar-refractivity contribution in [2.45, 2.75) is 27.7 Å². The number of rotatable bonds is 5. The maximum atomic E-state index is 11.9. The van der Waals surface area contributed by atoms with Crippen molar-refractivity contribution in [3.05, 3.63) is 34.9 Å². The molecule has 0 aliphatic carbocycles. The summed E-state index contributed by atoms with van der Waals surface area (Å²) in [6, 6.07) is 5.63. The first-order chi connectivity index (χ1) is 7.90. The molecule has 0 aliphatic rings. The average Bonchev–Trinajstić information content (AvgIpc) is 2.20. The van der Waals surface area contributed by atoms with Crippen molar-refractivity contribution < 1.29 is 9.00 Å². The molecule has 0 bridgehead atoms. The Balaban J connectivity index is 2.70. The largest absolute Gasteiger partial charge is 0.293 e. The highest BCUT2D eigenvalue weighted by Gasteiger charge is 2.12. The summed E-state index contributed by atoms with van der Waals surface area (Å²) in [7, 11) is -1.04. The highest BCUT2D eigenvalue weighted by Crippen LogP contribution is 2.11. The molecule has 0 aliphatic heterocycles. The lowest BCUT2D eigenvalue weighted by molar-refractivity contribution is 0.102. The number of carbonyl (C=O) groups excluding carboxylic acids is 1. The second-order valence-corrected chi connectivity index (χ2v) is 6.37. The van der Waals surface area contributed by atoms with E-state index in [0.717, 1.165) is 5.56 Å². The van der Waals surface area contributed by atoms with Crippen LogP contribution in [0.1, 0.15) is 35.3 Å². The molecule has 1 atom stereocenters. The molecule has 0 fully saturated rings. The van der Waals surface area contributed by atoms with Gasteiger partial charge in [-0.3, -0.25) is 9.00 Å². The van der Waals surface area contributed by atoms with Crippen molar-refractivity contribution in [3.8, 4) is 0 Å². The lowest BCUT2D eigenvalue weighted by Gasteiger charge is -2.06. The molecule has 1 aromatic rings. The van der Waals surface area contributed by atoms with Crippen molar-refractivity contribution in [2.75, 3.05) is 11.5 Å². The number of hydrogen-bond acceptors (Lipinski definition) is 2. The molecule has 94 valence electrons. The van der Waals surface area contributed by atoms with E-state index in [-0.39, 0.29) is 11.5 Å². The van der Waals surface area contributed by atoms with Crippen LogP contribution in [-0.2, 0) is 10.8 Å². The van der Waals surface area contributed by atoms with Crippen molar-refractivity contribution >= 4 is 16.6 Å². The third-order valence-electron chi connectivity index (χ3n) is 2.64.